The van der Waals surface area contributed by atoms with Crippen molar-refractivity contribution in [2.24, 2.45) is 23.7 Å². The van der Waals surface area contributed by atoms with Crippen LogP contribution >= 0.6 is 0 Å². The Labute approximate surface area is 76.1 Å². The van der Waals surface area contributed by atoms with Crippen molar-refractivity contribution in [3.05, 3.63) is 0 Å². The highest BCUT2D eigenvalue weighted by Gasteiger charge is 2.54. The molecule has 1 heteroatoms. The van der Waals surface area contributed by atoms with E-state index < -0.39 is 0 Å². The molecular weight excluding hydrogens is 146 g/mol. The zero-order valence-corrected chi connectivity index (χ0v) is 8.59. The van der Waals surface area contributed by atoms with Crippen LogP contribution in [0.25, 0.3) is 0 Å². The lowest BCUT2D eigenvalue weighted by atomic mass is 10.0. The molecule has 0 N–H and O–H groups in total. The Morgan fingerprint density at radius 2 is 1.83 bits per heavy atom. The Morgan fingerprint density at radius 1 is 1.25 bits per heavy atom. The zero-order valence-electron chi connectivity index (χ0n) is 8.59. The van der Waals surface area contributed by atoms with Gasteiger partial charge in [-0.25, -0.2) is 0 Å². The molecule has 1 saturated heterocycles. The van der Waals surface area contributed by atoms with Crippen molar-refractivity contribution in [3.63, 3.8) is 0 Å². The zero-order chi connectivity index (χ0) is 8.72. The number of piperidine rings is 1. The third-order valence-electron chi connectivity index (χ3n) is 3.64. The number of nitrogens with zero attached hydrogens (tertiary/aromatic N) is 1. The largest absolute Gasteiger partial charge is 0.303 e. The molecule has 1 saturated carbocycles. The van der Waals surface area contributed by atoms with E-state index in [2.05, 4.69) is 25.7 Å². The summed E-state index contributed by atoms with van der Waals surface area (Å²) in [5.74, 6) is 4.20. The molecule has 0 spiro atoms. The van der Waals surface area contributed by atoms with Crippen molar-refractivity contribution in [1.82, 2.24) is 4.90 Å². The maximum absolute atomic E-state index is 2.60. The topological polar surface area (TPSA) is 3.24 Å². The molecule has 2 atom stereocenters. The first-order chi connectivity index (χ1) is 5.72. The first kappa shape index (κ1) is 8.55. The molecule has 0 radical (unpaired) electrons. The quantitative estimate of drug-likeness (QED) is 0.623. The van der Waals surface area contributed by atoms with Crippen LogP contribution in [0.2, 0.25) is 0 Å². The first-order valence-electron chi connectivity index (χ1n) is 5.44. The van der Waals surface area contributed by atoms with Gasteiger partial charge >= 0.3 is 0 Å². The van der Waals surface area contributed by atoms with Crippen LogP contribution in [0.4, 0.5) is 0 Å². The van der Waals surface area contributed by atoms with E-state index in [0.29, 0.717) is 0 Å². The monoisotopic (exact) mass is 167 g/mol. The summed E-state index contributed by atoms with van der Waals surface area (Å²) in [6, 6.07) is 0. The Kier molecular flexibility index (Phi) is 2.16. The number of rotatable bonds is 3. The van der Waals surface area contributed by atoms with Gasteiger partial charge in [-0.2, -0.15) is 0 Å². The smallest absolute Gasteiger partial charge is 0.00157 e. The number of hydrogen-bond donors (Lipinski definition) is 0. The Hall–Kier alpha value is -0.0400. The van der Waals surface area contributed by atoms with Crippen LogP contribution < -0.4 is 0 Å². The molecule has 1 heterocycles. The Morgan fingerprint density at radius 3 is 2.25 bits per heavy atom. The number of likely N-dealkylation sites (tertiary alicyclic amines) is 1. The molecule has 2 unspecified atom stereocenters. The molecule has 0 aromatic heterocycles. The molecule has 12 heavy (non-hydrogen) atoms. The van der Waals surface area contributed by atoms with Crippen LogP contribution in [0.1, 0.15) is 27.2 Å². The van der Waals surface area contributed by atoms with E-state index in [4.69, 9.17) is 0 Å². The third kappa shape index (κ3) is 1.39. The van der Waals surface area contributed by atoms with Gasteiger partial charge in [0.05, 0.1) is 0 Å². The van der Waals surface area contributed by atoms with Gasteiger partial charge < -0.3 is 4.90 Å². The average molecular weight is 167 g/mol. The highest BCUT2D eigenvalue weighted by atomic mass is 15.2. The van der Waals surface area contributed by atoms with Crippen LogP contribution in [0.15, 0.2) is 0 Å². The summed E-state index contributed by atoms with van der Waals surface area (Å²) < 4.78 is 0. The molecule has 0 aromatic rings. The van der Waals surface area contributed by atoms with Gasteiger partial charge in [0.2, 0.25) is 0 Å². The molecule has 2 aliphatic rings. The number of fused-ring (bicyclic) bond motifs is 1. The van der Waals surface area contributed by atoms with Crippen molar-refractivity contribution >= 4 is 0 Å². The van der Waals surface area contributed by atoms with E-state index in [1.165, 1.54) is 26.1 Å². The van der Waals surface area contributed by atoms with Crippen molar-refractivity contribution < 1.29 is 0 Å². The third-order valence-corrected chi connectivity index (χ3v) is 3.64. The van der Waals surface area contributed by atoms with E-state index in [-0.39, 0.29) is 0 Å². The maximum Gasteiger partial charge on any atom is 0.00157 e. The molecule has 1 aliphatic heterocycles. The predicted molar refractivity (Wildman–Crippen MR) is 52.0 cm³/mol. The summed E-state index contributed by atoms with van der Waals surface area (Å²) in [6.07, 6.45) is 1.48. The lowest BCUT2D eigenvalue weighted by Crippen LogP contribution is -2.24. The van der Waals surface area contributed by atoms with Crippen molar-refractivity contribution in [2.45, 2.75) is 27.2 Å². The van der Waals surface area contributed by atoms with Gasteiger partial charge in [0.15, 0.2) is 0 Å². The van der Waals surface area contributed by atoms with Crippen molar-refractivity contribution in [3.8, 4) is 0 Å². The van der Waals surface area contributed by atoms with Gasteiger partial charge in [-0.3, -0.25) is 0 Å². The fourth-order valence-corrected chi connectivity index (χ4v) is 2.89. The number of hydrogen-bond acceptors (Lipinski definition) is 1. The Bertz CT molecular complexity index is 152. The normalized spacial score (nSPS) is 40.5. The summed E-state index contributed by atoms with van der Waals surface area (Å²) in [5, 5.41) is 0. The van der Waals surface area contributed by atoms with Gasteiger partial charge in [-0.05, 0) is 36.6 Å². The van der Waals surface area contributed by atoms with Crippen LogP contribution in [0.5, 0.6) is 0 Å². The van der Waals surface area contributed by atoms with Crippen molar-refractivity contribution in [1.29, 1.82) is 0 Å². The molecular formula is C11H21N. The minimum Gasteiger partial charge on any atom is -0.303 e. The van der Waals surface area contributed by atoms with E-state index in [9.17, 15) is 0 Å². The predicted octanol–water partition coefficient (Wildman–Crippen LogP) is 2.23. The fraction of sp³-hybridized carbons (Fsp3) is 1.00. The van der Waals surface area contributed by atoms with E-state index in [0.717, 1.165) is 23.7 Å². The van der Waals surface area contributed by atoms with Gasteiger partial charge in [0.1, 0.15) is 0 Å². The molecule has 0 amide bonds. The van der Waals surface area contributed by atoms with E-state index in [1.54, 1.807) is 0 Å². The lowest BCUT2D eigenvalue weighted by Gasteiger charge is -2.17. The van der Waals surface area contributed by atoms with E-state index in [1.807, 2.05) is 0 Å². The second kappa shape index (κ2) is 3.02. The fourth-order valence-electron chi connectivity index (χ4n) is 2.89. The standard InChI is InChI=1S/C11H21N/c1-4-12-6-10-9(5-8(2)3)11(10)7-12/h8-11H,4-7H2,1-3H3. The average Bonchev–Trinajstić information content (AvgIpc) is 2.47. The summed E-state index contributed by atoms with van der Waals surface area (Å²) in [6.45, 7) is 11.1. The second-order valence-corrected chi connectivity index (χ2v) is 4.97. The van der Waals surface area contributed by atoms with Crippen LogP contribution in [-0.4, -0.2) is 24.5 Å². The van der Waals surface area contributed by atoms with Crippen LogP contribution in [0.3, 0.4) is 0 Å². The minimum atomic E-state index is 0.913. The molecule has 2 fully saturated rings. The molecule has 70 valence electrons. The van der Waals surface area contributed by atoms with Crippen molar-refractivity contribution in [2.75, 3.05) is 19.6 Å². The first-order valence-corrected chi connectivity index (χ1v) is 5.44. The van der Waals surface area contributed by atoms with Crippen LogP contribution in [0, 0.1) is 23.7 Å². The summed E-state index contributed by atoms with van der Waals surface area (Å²) >= 11 is 0. The maximum atomic E-state index is 2.60. The molecule has 0 aromatic carbocycles. The molecule has 1 nitrogen and oxygen atoms in total. The summed E-state index contributed by atoms with van der Waals surface area (Å²) in [7, 11) is 0. The lowest BCUT2D eigenvalue weighted by molar-refractivity contribution is 0.288. The molecule has 1 aliphatic carbocycles. The highest BCUT2D eigenvalue weighted by molar-refractivity contribution is 5.04. The van der Waals surface area contributed by atoms with Gasteiger partial charge in [0.25, 0.3) is 0 Å². The minimum absolute atomic E-state index is 0.913. The molecule has 0 bridgehead atoms. The van der Waals surface area contributed by atoms with Gasteiger partial charge in [-0.15, -0.1) is 0 Å². The highest BCUT2D eigenvalue weighted by Crippen LogP contribution is 2.54. The Balaban J connectivity index is 1.76. The summed E-state index contributed by atoms with van der Waals surface area (Å²) in [5.41, 5.74) is 0. The van der Waals surface area contributed by atoms with Gasteiger partial charge in [0, 0.05) is 13.1 Å². The van der Waals surface area contributed by atoms with Gasteiger partial charge in [-0.1, -0.05) is 20.8 Å². The summed E-state index contributed by atoms with van der Waals surface area (Å²) in [4.78, 5) is 2.60. The molecule has 2 rings (SSSR count). The second-order valence-electron chi connectivity index (χ2n) is 4.97. The van der Waals surface area contributed by atoms with Crippen LogP contribution in [-0.2, 0) is 0 Å². The SMILES string of the molecule is CCN1CC2C(CC(C)C)C2C1. The van der Waals surface area contributed by atoms with E-state index >= 15 is 0 Å².